The lowest BCUT2D eigenvalue weighted by Crippen LogP contribution is -2.35. The van der Waals surface area contributed by atoms with E-state index in [0.29, 0.717) is 5.92 Å². The zero-order valence-electron chi connectivity index (χ0n) is 11.7. The summed E-state index contributed by atoms with van der Waals surface area (Å²) in [7, 11) is 0. The molecule has 0 fully saturated rings. The first-order chi connectivity index (χ1) is 8.51. The van der Waals surface area contributed by atoms with E-state index in [0.717, 1.165) is 28.6 Å². The van der Waals surface area contributed by atoms with E-state index in [-0.39, 0.29) is 5.91 Å². The van der Waals surface area contributed by atoms with Gasteiger partial charge in [0.1, 0.15) is 0 Å². The number of hydrogen-bond acceptors (Lipinski definition) is 1. The number of amides is 1. The minimum Gasteiger partial charge on any atom is -0.339 e. The highest BCUT2D eigenvalue weighted by atomic mass is 127. The van der Waals surface area contributed by atoms with Crippen molar-refractivity contribution in [1.29, 1.82) is 0 Å². The van der Waals surface area contributed by atoms with E-state index in [9.17, 15) is 4.79 Å². The number of aryl methyl sites for hydroxylation is 1. The molecular formula is C15H22INO. The molecule has 1 aromatic rings. The molecule has 1 amide bonds. The number of rotatable bonds is 5. The van der Waals surface area contributed by atoms with Crippen molar-refractivity contribution in [1.82, 2.24) is 4.90 Å². The number of carbonyl (C=O) groups excluding carboxylic acids is 1. The molecule has 0 saturated heterocycles. The molecule has 0 aliphatic rings. The zero-order valence-corrected chi connectivity index (χ0v) is 13.8. The van der Waals surface area contributed by atoms with Crippen LogP contribution in [0.25, 0.3) is 0 Å². The van der Waals surface area contributed by atoms with E-state index < -0.39 is 0 Å². The van der Waals surface area contributed by atoms with E-state index in [1.54, 1.807) is 0 Å². The fourth-order valence-electron chi connectivity index (χ4n) is 1.84. The summed E-state index contributed by atoms with van der Waals surface area (Å²) < 4.78 is 1.07. The maximum Gasteiger partial charge on any atom is 0.254 e. The number of carbonyl (C=O) groups is 1. The fraction of sp³-hybridized carbons (Fsp3) is 0.533. The van der Waals surface area contributed by atoms with E-state index in [2.05, 4.69) is 36.4 Å². The van der Waals surface area contributed by atoms with Gasteiger partial charge in [-0.05, 0) is 54.0 Å². The second-order valence-corrected chi connectivity index (χ2v) is 5.87. The van der Waals surface area contributed by atoms with Gasteiger partial charge in [0, 0.05) is 16.7 Å². The molecule has 3 heteroatoms. The number of benzene rings is 1. The highest BCUT2D eigenvalue weighted by Gasteiger charge is 2.18. The van der Waals surface area contributed by atoms with Gasteiger partial charge in [0.05, 0.1) is 5.56 Å². The monoisotopic (exact) mass is 359 g/mol. The molecule has 100 valence electrons. The van der Waals surface area contributed by atoms with Gasteiger partial charge in [0.2, 0.25) is 0 Å². The molecule has 0 bridgehead atoms. The molecule has 1 aromatic carbocycles. The summed E-state index contributed by atoms with van der Waals surface area (Å²) in [6.45, 7) is 10.1. The van der Waals surface area contributed by atoms with Crippen LogP contribution in [0.1, 0.15) is 43.1 Å². The molecule has 0 aliphatic heterocycles. The number of hydrogen-bond donors (Lipinski definition) is 0. The molecule has 0 saturated carbocycles. The van der Waals surface area contributed by atoms with Crippen LogP contribution in [0.15, 0.2) is 18.2 Å². The highest BCUT2D eigenvalue weighted by molar-refractivity contribution is 14.1. The molecular weight excluding hydrogens is 337 g/mol. The summed E-state index contributed by atoms with van der Waals surface area (Å²) in [6.07, 6.45) is 1.11. The van der Waals surface area contributed by atoms with Gasteiger partial charge >= 0.3 is 0 Å². The van der Waals surface area contributed by atoms with Crippen molar-refractivity contribution in [2.75, 3.05) is 13.1 Å². The van der Waals surface area contributed by atoms with Crippen molar-refractivity contribution < 1.29 is 4.79 Å². The van der Waals surface area contributed by atoms with Gasteiger partial charge in [-0.3, -0.25) is 4.79 Å². The minimum absolute atomic E-state index is 0.158. The Balaban J connectivity index is 2.93. The van der Waals surface area contributed by atoms with Gasteiger partial charge in [0.25, 0.3) is 5.91 Å². The van der Waals surface area contributed by atoms with Crippen LogP contribution in [0.2, 0.25) is 0 Å². The van der Waals surface area contributed by atoms with Crippen LogP contribution in [0.3, 0.4) is 0 Å². The van der Waals surface area contributed by atoms with Crippen molar-refractivity contribution in [3.8, 4) is 0 Å². The van der Waals surface area contributed by atoms with Crippen molar-refractivity contribution in [2.45, 2.75) is 34.1 Å². The molecule has 0 aliphatic carbocycles. The Bertz CT molecular complexity index is 417. The van der Waals surface area contributed by atoms with Gasteiger partial charge in [0.15, 0.2) is 0 Å². The number of halogens is 1. The van der Waals surface area contributed by atoms with Crippen LogP contribution in [0.5, 0.6) is 0 Å². The summed E-state index contributed by atoms with van der Waals surface area (Å²) in [5.74, 6) is 0.710. The predicted molar refractivity (Wildman–Crippen MR) is 84.9 cm³/mol. The standard InChI is InChI=1S/C15H22INO/c1-5-11(3)10-17(6-2)15(18)13-9-7-8-12(4)14(13)16/h7-9,11H,5-6,10H2,1-4H3. The Morgan fingerprint density at radius 1 is 1.39 bits per heavy atom. The molecule has 1 atom stereocenters. The second-order valence-electron chi connectivity index (χ2n) is 4.79. The maximum absolute atomic E-state index is 12.5. The smallest absolute Gasteiger partial charge is 0.254 e. The van der Waals surface area contributed by atoms with E-state index in [1.165, 1.54) is 5.56 Å². The Kier molecular flexibility index (Phi) is 6.12. The molecule has 0 N–H and O–H groups in total. The van der Waals surface area contributed by atoms with E-state index in [4.69, 9.17) is 0 Å². The quantitative estimate of drug-likeness (QED) is 0.725. The molecule has 2 nitrogen and oxygen atoms in total. The third-order valence-electron chi connectivity index (χ3n) is 3.32. The topological polar surface area (TPSA) is 20.3 Å². The van der Waals surface area contributed by atoms with Gasteiger partial charge in [-0.25, -0.2) is 0 Å². The van der Waals surface area contributed by atoms with E-state index >= 15 is 0 Å². The van der Waals surface area contributed by atoms with Crippen molar-refractivity contribution in [3.05, 3.63) is 32.9 Å². The SMILES string of the molecule is CCC(C)CN(CC)C(=O)c1cccc(C)c1I. The minimum atomic E-state index is 0.158. The summed E-state index contributed by atoms with van der Waals surface area (Å²) in [5.41, 5.74) is 2.00. The van der Waals surface area contributed by atoms with Crippen molar-refractivity contribution >= 4 is 28.5 Å². The molecule has 18 heavy (non-hydrogen) atoms. The van der Waals surface area contributed by atoms with Crippen molar-refractivity contribution in [3.63, 3.8) is 0 Å². The Morgan fingerprint density at radius 3 is 2.61 bits per heavy atom. The molecule has 0 heterocycles. The second kappa shape index (κ2) is 7.12. The summed E-state index contributed by atoms with van der Waals surface area (Å²) in [6, 6.07) is 5.93. The Hall–Kier alpha value is -0.580. The Labute approximate surface area is 124 Å². The van der Waals surface area contributed by atoms with Crippen LogP contribution in [-0.2, 0) is 0 Å². The molecule has 0 aromatic heterocycles. The number of nitrogens with zero attached hydrogens (tertiary/aromatic N) is 1. The molecule has 0 spiro atoms. The van der Waals surface area contributed by atoms with Gasteiger partial charge in [-0.2, -0.15) is 0 Å². The van der Waals surface area contributed by atoms with Crippen LogP contribution in [0.4, 0.5) is 0 Å². The molecule has 0 radical (unpaired) electrons. The van der Waals surface area contributed by atoms with Crippen LogP contribution >= 0.6 is 22.6 Å². The molecule has 1 unspecified atom stereocenters. The lowest BCUT2D eigenvalue weighted by Gasteiger charge is -2.24. The van der Waals surface area contributed by atoms with Gasteiger partial charge < -0.3 is 4.90 Å². The zero-order chi connectivity index (χ0) is 13.7. The van der Waals surface area contributed by atoms with E-state index in [1.807, 2.05) is 36.9 Å². The first kappa shape index (κ1) is 15.5. The summed E-state index contributed by atoms with van der Waals surface area (Å²) >= 11 is 2.27. The third-order valence-corrected chi connectivity index (χ3v) is 4.75. The third kappa shape index (κ3) is 3.70. The fourth-order valence-corrected chi connectivity index (χ4v) is 2.43. The lowest BCUT2D eigenvalue weighted by molar-refractivity contribution is 0.0739. The first-order valence-electron chi connectivity index (χ1n) is 6.55. The van der Waals surface area contributed by atoms with Gasteiger partial charge in [-0.1, -0.05) is 32.4 Å². The summed E-state index contributed by atoms with van der Waals surface area (Å²) in [4.78, 5) is 14.5. The lowest BCUT2D eigenvalue weighted by atomic mass is 10.1. The maximum atomic E-state index is 12.5. The van der Waals surface area contributed by atoms with Crippen molar-refractivity contribution in [2.24, 2.45) is 5.92 Å². The first-order valence-corrected chi connectivity index (χ1v) is 7.63. The highest BCUT2D eigenvalue weighted by Crippen LogP contribution is 2.19. The van der Waals surface area contributed by atoms with Crippen LogP contribution < -0.4 is 0 Å². The Morgan fingerprint density at radius 2 is 2.06 bits per heavy atom. The predicted octanol–water partition coefficient (Wildman–Crippen LogP) is 4.11. The largest absolute Gasteiger partial charge is 0.339 e. The summed E-state index contributed by atoms with van der Waals surface area (Å²) in [5, 5.41) is 0. The van der Waals surface area contributed by atoms with Crippen LogP contribution in [0, 0.1) is 16.4 Å². The van der Waals surface area contributed by atoms with Gasteiger partial charge in [-0.15, -0.1) is 0 Å². The van der Waals surface area contributed by atoms with Crippen LogP contribution in [-0.4, -0.2) is 23.9 Å². The average molecular weight is 359 g/mol. The average Bonchev–Trinajstić information content (AvgIpc) is 2.38. The normalized spacial score (nSPS) is 12.3. The molecule has 1 rings (SSSR count).